The van der Waals surface area contributed by atoms with Gasteiger partial charge in [-0.25, -0.2) is 4.79 Å². The quantitative estimate of drug-likeness (QED) is 0.817. The molecule has 0 spiro atoms. The van der Waals surface area contributed by atoms with Crippen LogP contribution in [-0.2, 0) is 16.1 Å². The molecule has 114 valence electrons. The predicted molar refractivity (Wildman–Crippen MR) is 80.6 cm³/mol. The molecule has 1 amide bonds. The normalized spacial score (nSPS) is 10.0. The van der Waals surface area contributed by atoms with Crippen LogP contribution in [0.3, 0.4) is 0 Å². The topological polar surface area (TPSA) is 88.3 Å². The molecule has 0 atom stereocenters. The molecular weight excluding hydrogens is 308 g/mol. The van der Waals surface area contributed by atoms with Gasteiger partial charge in [-0.05, 0) is 29.8 Å². The molecule has 22 heavy (non-hydrogen) atoms. The van der Waals surface area contributed by atoms with Crippen molar-refractivity contribution in [3.63, 3.8) is 0 Å². The van der Waals surface area contributed by atoms with Crippen LogP contribution in [-0.4, -0.2) is 23.5 Å². The minimum absolute atomic E-state index is 0.148. The minimum atomic E-state index is -0.847. The number of aromatic nitrogens is 1. The third-order valence-corrected chi connectivity index (χ3v) is 2.99. The summed E-state index contributed by atoms with van der Waals surface area (Å²) >= 11 is 5.83. The third kappa shape index (κ3) is 4.46. The van der Waals surface area contributed by atoms with Crippen LogP contribution in [0.1, 0.15) is 15.9 Å². The number of aromatic amines is 1. The standard InChI is InChI=1S/C15H13ClN2O4/c16-11-4-1-3-10(7-11)8-18-13(19)9-22-15(21)12-5-2-6-17-14(12)20/h1-7H,8-9H2,(H,17,20)(H,18,19). The van der Waals surface area contributed by atoms with Gasteiger partial charge in [0.15, 0.2) is 6.61 Å². The van der Waals surface area contributed by atoms with Gasteiger partial charge in [0, 0.05) is 17.8 Å². The number of amides is 1. The summed E-state index contributed by atoms with van der Waals surface area (Å²) in [7, 11) is 0. The van der Waals surface area contributed by atoms with Crippen molar-refractivity contribution in [3.05, 3.63) is 69.1 Å². The Morgan fingerprint density at radius 2 is 2.05 bits per heavy atom. The maximum atomic E-state index is 11.6. The predicted octanol–water partition coefficient (Wildman–Crippen LogP) is 1.50. The third-order valence-electron chi connectivity index (χ3n) is 2.75. The first-order valence-corrected chi connectivity index (χ1v) is 6.80. The van der Waals surface area contributed by atoms with E-state index in [1.807, 2.05) is 6.07 Å². The van der Waals surface area contributed by atoms with Crippen LogP contribution in [0, 0.1) is 0 Å². The summed E-state index contributed by atoms with van der Waals surface area (Å²) < 4.78 is 4.79. The second-order valence-electron chi connectivity index (χ2n) is 4.40. The van der Waals surface area contributed by atoms with Crippen LogP contribution in [0.2, 0.25) is 5.02 Å². The summed E-state index contributed by atoms with van der Waals surface area (Å²) in [6.45, 7) is -0.198. The number of carbonyl (C=O) groups is 2. The van der Waals surface area contributed by atoms with Gasteiger partial charge in [-0.2, -0.15) is 0 Å². The minimum Gasteiger partial charge on any atom is -0.452 e. The van der Waals surface area contributed by atoms with Crippen molar-refractivity contribution in [1.82, 2.24) is 10.3 Å². The number of benzene rings is 1. The number of rotatable bonds is 5. The lowest BCUT2D eigenvalue weighted by molar-refractivity contribution is -0.124. The van der Waals surface area contributed by atoms with Crippen LogP contribution >= 0.6 is 11.6 Å². The van der Waals surface area contributed by atoms with E-state index in [0.29, 0.717) is 5.02 Å². The fraction of sp³-hybridized carbons (Fsp3) is 0.133. The molecule has 0 aliphatic carbocycles. The summed E-state index contributed by atoms with van der Waals surface area (Å²) in [5, 5.41) is 3.16. The summed E-state index contributed by atoms with van der Waals surface area (Å²) in [5.74, 6) is -1.32. The van der Waals surface area contributed by atoms with Crippen molar-refractivity contribution in [2.45, 2.75) is 6.54 Å². The number of H-pyrrole nitrogens is 1. The Bertz CT molecular complexity index is 742. The lowest BCUT2D eigenvalue weighted by Crippen LogP contribution is -2.29. The first-order valence-electron chi connectivity index (χ1n) is 6.42. The van der Waals surface area contributed by atoms with Crippen molar-refractivity contribution >= 4 is 23.5 Å². The highest BCUT2D eigenvalue weighted by Crippen LogP contribution is 2.10. The van der Waals surface area contributed by atoms with Crippen LogP contribution in [0.15, 0.2) is 47.4 Å². The van der Waals surface area contributed by atoms with E-state index in [0.717, 1.165) is 5.56 Å². The highest BCUT2D eigenvalue weighted by atomic mass is 35.5. The molecule has 2 N–H and O–H groups in total. The van der Waals surface area contributed by atoms with Gasteiger partial charge in [0.2, 0.25) is 0 Å². The molecule has 6 nitrogen and oxygen atoms in total. The number of halogens is 1. The van der Waals surface area contributed by atoms with Crippen LogP contribution in [0.25, 0.3) is 0 Å². The molecule has 1 aromatic heterocycles. The number of hydrogen-bond donors (Lipinski definition) is 2. The summed E-state index contributed by atoms with van der Waals surface area (Å²) in [4.78, 5) is 37.0. The largest absolute Gasteiger partial charge is 0.452 e. The first kappa shape index (κ1) is 15.8. The van der Waals surface area contributed by atoms with Crippen molar-refractivity contribution in [3.8, 4) is 0 Å². The Kier molecular flexibility index (Phi) is 5.32. The van der Waals surface area contributed by atoms with Gasteiger partial charge in [0.05, 0.1) is 0 Å². The van der Waals surface area contributed by atoms with E-state index in [1.165, 1.54) is 18.3 Å². The molecule has 0 fully saturated rings. The Balaban J connectivity index is 1.82. The Labute approximate surface area is 131 Å². The molecule has 7 heteroatoms. The van der Waals surface area contributed by atoms with Crippen LogP contribution in [0.4, 0.5) is 0 Å². The lowest BCUT2D eigenvalue weighted by atomic mass is 10.2. The van der Waals surface area contributed by atoms with Crippen LogP contribution < -0.4 is 10.9 Å². The number of esters is 1. The maximum Gasteiger partial charge on any atom is 0.344 e. The molecule has 0 saturated heterocycles. The molecule has 0 aliphatic rings. The van der Waals surface area contributed by atoms with Crippen molar-refractivity contribution in [2.24, 2.45) is 0 Å². The fourth-order valence-electron chi connectivity index (χ4n) is 1.69. The van der Waals surface area contributed by atoms with Crippen molar-refractivity contribution in [1.29, 1.82) is 0 Å². The van der Waals surface area contributed by atoms with Gasteiger partial charge >= 0.3 is 5.97 Å². The Morgan fingerprint density at radius 3 is 2.77 bits per heavy atom. The lowest BCUT2D eigenvalue weighted by Gasteiger charge is -2.06. The highest BCUT2D eigenvalue weighted by Gasteiger charge is 2.13. The average Bonchev–Trinajstić information content (AvgIpc) is 2.51. The molecular formula is C15H13ClN2O4. The Hall–Kier alpha value is -2.60. The van der Waals surface area contributed by atoms with E-state index in [-0.39, 0.29) is 12.1 Å². The number of pyridine rings is 1. The van der Waals surface area contributed by atoms with Crippen molar-refractivity contribution < 1.29 is 14.3 Å². The second-order valence-corrected chi connectivity index (χ2v) is 4.83. The summed E-state index contributed by atoms with van der Waals surface area (Å²) in [5.41, 5.74) is 0.114. The molecule has 2 aromatic rings. The van der Waals surface area contributed by atoms with Crippen LogP contribution in [0.5, 0.6) is 0 Å². The number of ether oxygens (including phenoxy) is 1. The number of nitrogens with one attached hydrogen (secondary N) is 2. The summed E-state index contributed by atoms with van der Waals surface area (Å²) in [6.07, 6.45) is 1.40. The molecule has 0 bridgehead atoms. The number of carbonyl (C=O) groups excluding carboxylic acids is 2. The highest BCUT2D eigenvalue weighted by molar-refractivity contribution is 6.30. The summed E-state index contributed by atoms with van der Waals surface area (Å²) in [6, 6.07) is 9.85. The molecule has 1 aromatic carbocycles. The van der Waals surface area contributed by atoms with E-state index in [9.17, 15) is 14.4 Å². The van der Waals surface area contributed by atoms with E-state index >= 15 is 0 Å². The molecule has 0 radical (unpaired) electrons. The molecule has 0 unspecified atom stereocenters. The second kappa shape index (κ2) is 7.42. The zero-order valence-corrected chi connectivity index (χ0v) is 12.2. The van der Waals surface area contributed by atoms with Gasteiger partial charge in [0.1, 0.15) is 5.56 Å². The molecule has 2 rings (SSSR count). The van der Waals surface area contributed by atoms with E-state index < -0.39 is 24.0 Å². The number of hydrogen-bond acceptors (Lipinski definition) is 4. The SMILES string of the molecule is O=C(COC(=O)c1ccc[nH]c1=O)NCc1cccc(Cl)c1. The molecule has 0 saturated carbocycles. The zero-order chi connectivity index (χ0) is 15.9. The van der Waals surface area contributed by atoms with E-state index in [1.54, 1.807) is 18.2 Å². The van der Waals surface area contributed by atoms with Gasteiger partial charge in [0.25, 0.3) is 11.5 Å². The molecule has 1 heterocycles. The van der Waals surface area contributed by atoms with E-state index in [2.05, 4.69) is 10.3 Å². The van der Waals surface area contributed by atoms with Gasteiger partial charge < -0.3 is 15.0 Å². The monoisotopic (exact) mass is 320 g/mol. The average molecular weight is 321 g/mol. The first-order chi connectivity index (χ1) is 10.6. The van der Waals surface area contributed by atoms with Gasteiger partial charge in [-0.15, -0.1) is 0 Å². The van der Waals surface area contributed by atoms with Crippen molar-refractivity contribution in [2.75, 3.05) is 6.61 Å². The van der Waals surface area contributed by atoms with Gasteiger partial charge in [-0.3, -0.25) is 9.59 Å². The maximum absolute atomic E-state index is 11.6. The van der Waals surface area contributed by atoms with E-state index in [4.69, 9.17) is 16.3 Å². The molecule has 0 aliphatic heterocycles. The zero-order valence-electron chi connectivity index (χ0n) is 11.5. The van der Waals surface area contributed by atoms with Gasteiger partial charge in [-0.1, -0.05) is 23.7 Å². The fourth-order valence-corrected chi connectivity index (χ4v) is 1.90. The Morgan fingerprint density at radius 1 is 1.23 bits per heavy atom. The smallest absolute Gasteiger partial charge is 0.344 e.